The Bertz CT molecular complexity index is 360. The van der Waals surface area contributed by atoms with E-state index in [4.69, 9.17) is 0 Å². The third kappa shape index (κ3) is 2.88. The number of rotatable bonds is 3. The maximum atomic E-state index is 10.8. The van der Waals surface area contributed by atoms with Crippen molar-refractivity contribution in [3.05, 3.63) is 35.4 Å². The van der Waals surface area contributed by atoms with Crippen LogP contribution in [0, 0.1) is 12.8 Å². The topological polar surface area (TPSA) is 32.3 Å². The molecule has 2 heteroatoms. The van der Waals surface area contributed by atoms with Crippen molar-refractivity contribution in [2.45, 2.75) is 38.7 Å². The average Bonchev–Trinajstić information content (AvgIpc) is 2.32. The maximum Gasteiger partial charge on any atom is 0.0740 e. The van der Waals surface area contributed by atoms with Gasteiger partial charge >= 0.3 is 0 Å². The van der Waals surface area contributed by atoms with Gasteiger partial charge < -0.3 is 10.4 Å². The third-order valence-electron chi connectivity index (χ3n) is 4.01. The number of hydrogen-bond donors (Lipinski definition) is 2. The zero-order valence-corrected chi connectivity index (χ0v) is 10.9. The van der Waals surface area contributed by atoms with Gasteiger partial charge in [-0.15, -0.1) is 0 Å². The number of aryl methyl sites for hydroxylation is 1. The summed E-state index contributed by atoms with van der Waals surface area (Å²) in [5.74, 6) is 0.373. The summed E-state index contributed by atoms with van der Waals surface area (Å²) in [6.07, 6.45) is 2.68. The van der Waals surface area contributed by atoms with Gasteiger partial charge in [0.05, 0.1) is 5.60 Å². The van der Waals surface area contributed by atoms with Crippen LogP contribution in [0.4, 0.5) is 0 Å². The molecule has 2 atom stereocenters. The first-order valence-electron chi connectivity index (χ1n) is 6.63. The zero-order valence-electron chi connectivity index (χ0n) is 10.9. The first kappa shape index (κ1) is 12.6. The first-order chi connectivity index (χ1) is 8.14. The van der Waals surface area contributed by atoms with Crippen molar-refractivity contribution in [2.24, 2.45) is 5.92 Å². The van der Waals surface area contributed by atoms with Crippen LogP contribution in [-0.2, 0) is 6.42 Å². The van der Waals surface area contributed by atoms with Gasteiger partial charge in [-0.2, -0.15) is 0 Å². The van der Waals surface area contributed by atoms with Crippen LogP contribution in [0.25, 0.3) is 0 Å². The summed E-state index contributed by atoms with van der Waals surface area (Å²) < 4.78 is 0. The van der Waals surface area contributed by atoms with E-state index in [9.17, 15) is 5.11 Å². The highest BCUT2D eigenvalue weighted by Crippen LogP contribution is 2.30. The van der Waals surface area contributed by atoms with Crippen LogP contribution in [-0.4, -0.2) is 23.8 Å². The normalized spacial score (nSPS) is 29.2. The fourth-order valence-corrected chi connectivity index (χ4v) is 2.79. The summed E-state index contributed by atoms with van der Waals surface area (Å²) in [7, 11) is 0. The Labute approximate surface area is 104 Å². The molecule has 94 valence electrons. The van der Waals surface area contributed by atoms with E-state index in [-0.39, 0.29) is 0 Å². The Kier molecular flexibility index (Phi) is 3.85. The van der Waals surface area contributed by atoms with Crippen LogP contribution in [0.1, 0.15) is 30.9 Å². The second kappa shape index (κ2) is 5.19. The molecular weight excluding hydrogens is 210 g/mol. The minimum Gasteiger partial charge on any atom is -0.389 e. The molecule has 0 radical (unpaired) electrons. The van der Waals surface area contributed by atoms with Crippen LogP contribution >= 0.6 is 0 Å². The first-order valence-corrected chi connectivity index (χ1v) is 6.63. The lowest BCUT2D eigenvalue weighted by molar-refractivity contribution is -0.0414. The molecule has 0 spiro atoms. The van der Waals surface area contributed by atoms with E-state index in [0.717, 1.165) is 32.4 Å². The van der Waals surface area contributed by atoms with Gasteiger partial charge in [0.15, 0.2) is 0 Å². The second-order valence-electron chi connectivity index (χ2n) is 5.33. The van der Waals surface area contributed by atoms with Crippen molar-refractivity contribution < 1.29 is 5.11 Å². The summed E-state index contributed by atoms with van der Waals surface area (Å²) in [6.45, 7) is 6.13. The molecule has 0 amide bonds. The van der Waals surface area contributed by atoms with Crippen molar-refractivity contribution >= 4 is 0 Å². The minimum absolute atomic E-state index is 0.373. The average molecular weight is 233 g/mol. The molecule has 1 aliphatic heterocycles. The van der Waals surface area contributed by atoms with Crippen molar-refractivity contribution in [3.8, 4) is 0 Å². The molecule has 0 aliphatic carbocycles. The lowest BCUT2D eigenvalue weighted by Gasteiger charge is -2.40. The van der Waals surface area contributed by atoms with Gasteiger partial charge in [-0.1, -0.05) is 36.8 Å². The molecule has 0 aromatic heterocycles. The van der Waals surface area contributed by atoms with Gasteiger partial charge in [0.25, 0.3) is 0 Å². The fourth-order valence-electron chi connectivity index (χ4n) is 2.79. The Balaban J connectivity index is 2.11. The molecule has 0 bridgehead atoms. The molecule has 1 saturated heterocycles. The Morgan fingerprint density at radius 1 is 1.35 bits per heavy atom. The van der Waals surface area contributed by atoms with Gasteiger partial charge in [-0.05, 0) is 31.9 Å². The summed E-state index contributed by atoms with van der Waals surface area (Å²) in [5, 5.41) is 14.2. The standard InChI is InChI=1S/C15H23NO/c1-3-14-11-16-9-8-15(14,17)10-13-6-4-12(2)5-7-13/h4-7,14,16-17H,3,8-11H2,1-2H3. The van der Waals surface area contributed by atoms with Gasteiger partial charge in [0.2, 0.25) is 0 Å². The molecular formula is C15H23NO. The number of nitrogens with one attached hydrogen (secondary N) is 1. The van der Waals surface area contributed by atoms with Gasteiger partial charge in [0, 0.05) is 18.9 Å². The van der Waals surface area contributed by atoms with Crippen LogP contribution in [0.3, 0.4) is 0 Å². The van der Waals surface area contributed by atoms with E-state index in [1.54, 1.807) is 0 Å². The highest BCUT2D eigenvalue weighted by Gasteiger charge is 2.37. The molecule has 2 N–H and O–H groups in total. The predicted octanol–water partition coefficient (Wildman–Crippen LogP) is 2.29. The summed E-state index contributed by atoms with van der Waals surface area (Å²) in [5.41, 5.74) is 2.01. The zero-order chi connectivity index (χ0) is 12.3. The van der Waals surface area contributed by atoms with Crippen molar-refractivity contribution in [1.29, 1.82) is 0 Å². The molecule has 17 heavy (non-hydrogen) atoms. The molecule has 2 nitrogen and oxygen atoms in total. The van der Waals surface area contributed by atoms with E-state index in [1.165, 1.54) is 11.1 Å². The smallest absolute Gasteiger partial charge is 0.0740 e. The monoisotopic (exact) mass is 233 g/mol. The molecule has 1 fully saturated rings. The number of piperidine rings is 1. The number of aliphatic hydroxyl groups is 1. The predicted molar refractivity (Wildman–Crippen MR) is 71.1 cm³/mol. The van der Waals surface area contributed by atoms with Crippen LogP contribution in [0.5, 0.6) is 0 Å². The number of benzene rings is 1. The van der Waals surface area contributed by atoms with Crippen LogP contribution in [0.2, 0.25) is 0 Å². The Morgan fingerprint density at radius 2 is 2.06 bits per heavy atom. The third-order valence-corrected chi connectivity index (χ3v) is 4.01. The van der Waals surface area contributed by atoms with E-state index in [1.807, 2.05) is 0 Å². The van der Waals surface area contributed by atoms with Crippen molar-refractivity contribution in [1.82, 2.24) is 5.32 Å². The highest BCUT2D eigenvalue weighted by molar-refractivity contribution is 5.23. The van der Waals surface area contributed by atoms with E-state index < -0.39 is 5.60 Å². The van der Waals surface area contributed by atoms with Gasteiger partial charge in [0.1, 0.15) is 0 Å². The lowest BCUT2D eigenvalue weighted by atomic mass is 9.76. The molecule has 2 rings (SSSR count). The van der Waals surface area contributed by atoms with Crippen molar-refractivity contribution in [3.63, 3.8) is 0 Å². The van der Waals surface area contributed by atoms with E-state index in [2.05, 4.69) is 43.4 Å². The largest absolute Gasteiger partial charge is 0.389 e. The summed E-state index contributed by atoms with van der Waals surface area (Å²) in [4.78, 5) is 0. The molecule has 2 unspecified atom stereocenters. The number of hydrogen-bond acceptors (Lipinski definition) is 2. The SMILES string of the molecule is CCC1CNCCC1(O)Cc1ccc(C)cc1. The second-order valence-corrected chi connectivity index (χ2v) is 5.33. The summed E-state index contributed by atoms with van der Waals surface area (Å²) >= 11 is 0. The van der Waals surface area contributed by atoms with E-state index in [0.29, 0.717) is 5.92 Å². The molecule has 1 aliphatic rings. The van der Waals surface area contributed by atoms with Gasteiger partial charge in [-0.3, -0.25) is 0 Å². The molecule has 1 aromatic carbocycles. The summed E-state index contributed by atoms with van der Waals surface area (Å²) in [6, 6.07) is 8.53. The van der Waals surface area contributed by atoms with Crippen molar-refractivity contribution in [2.75, 3.05) is 13.1 Å². The molecule has 0 saturated carbocycles. The van der Waals surface area contributed by atoms with Crippen LogP contribution < -0.4 is 5.32 Å². The minimum atomic E-state index is -0.519. The van der Waals surface area contributed by atoms with Gasteiger partial charge in [-0.25, -0.2) is 0 Å². The van der Waals surface area contributed by atoms with Crippen LogP contribution in [0.15, 0.2) is 24.3 Å². The maximum absolute atomic E-state index is 10.8. The fraction of sp³-hybridized carbons (Fsp3) is 0.600. The lowest BCUT2D eigenvalue weighted by Crippen LogP contribution is -2.51. The molecule has 1 heterocycles. The quantitative estimate of drug-likeness (QED) is 0.839. The Hall–Kier alpha value is -0.860. The Morgan fingerprint density at radius 3 is 2.71 bits per heavy atom. The van der Waals surface area contributed by atoms with E-state index >= 15 is 0 Å². The highest BCUT2D eigenvalue weighted by atomic mass is 16.3. The molecule has 1 aromatic rings.